The van der Waals surface area contributed by atoms with Crippen molar-refractivity contribution in [2.24, 2.45) is 5.73 Å². The second-order valence-electron chi connectivity index (χ2n) is 5.80. The molecule has 1 saturated heterocycles. The van der Waals surface area contributed by atoms with Crippen molar-refractivity contribution in [3.63, 3.8) is 0 Å². The summed E-state index contributed by atoms with van der Waals surface area (Å²) in [6.07, 6.45) is 1.09. The number of imidazole rings is 1. The SMILES string of the molecule is CC1(CO)O[C@@H](c2cnc3c(N)ncnn23)[C@](C)(N)[C@@H]1O. The summed E-state index contributed by atoms with van der Waals surface area (Å²) < 4.78 is 7.31. The number of aromatic nitrogens is 4. The molecule has 4 atom stereocenters. The summed E-state index contributed by atoms with van der Waals surface area (Å²) in [4.78, 5) is 8.03. The molecule has 3 rings (SSSR count). The Kier molecular flexibility index (Phi) is 2.92. The largest absolute Gasteiger partial charge is 0.393 e. The van der Waals surface area contributed by atoms with Gasteiger partial charge in [-0.05, 0) is 13.8 Å². The minimum Gasteiger partial charge on any atom is -0.393 e. The molecule has 1 aliphatic heterocycles. The Labute approximate surface area is 120 Å². The van der Waals surface area contributed by atoms with Gasteiger partial charge in [0.05, 0.1) is 24.0 Å². The molecule has 0 saturated carbocycles. The Morgan fingerprint density at radius 3 is 2.76 bits per heavy atom. The molecular formula is C12H18N6O3. The van der Waals surface area contributed by atoms with Gasteiger partial charge in [0.25, 0.3) is 0 Å². The van der Waals surface area contributed by atoms with Crippen molar-refractivity contribution < 1.29 is 14.9 Å². The molecule has 0 bridgehead atoms. The number of hydrogen-bond acceptors (Lipinski definition) is 8. The fraction of sp³-hybridized carbons (Fsp3) is 0.583. The highest BCUT2D eigenvalue weighted by molar-refractivity contribution is 5.59. The van der Waals surface area contributed by atoms with Crippen molar-refractivity contribution in [2.45, 2.75) is 37.2 Å². The fourth-order valence-electron chi connectivity index (χ4n) is 2.80. The lowest BCUT2D eigenvalue weighted by Crippen LogP contribution is -2.54. The molecule has 0 spiro atoms. The van der Waals surface area contributed by atoms with Gasteiger partial charge in [-0.3, -0.25) is 0 Å². The highest BCUT2D eigenvalue weighted by atomic mass is 16.5. The van der Waals surface area contributed by atoms with Crippen LogP contribution in [-0.4, -0.2) is 53.6 Å². The zero-order chi connectivity index (χ0) is 15.4. The van der Waals surface area contributed by atoms with E-state index in [0.717, 1.165) is 0 Å². The molecule has 2 aromatic rings. The number of rotatable bonds is 2. The lowest BCUT2D eigenvalue weighted by molar-refractivity contribution is -0.100. The number of nitrogen functional groups attached to an aromatic ring is 1. The topological polar surface area (TPSA) is 145 Å². The molecule has 6 N–H and O–H groups in total. The standard InChI is InChI=1S/C12H18N6O3/c1-11(4-19)10(20)12(2,14)7(21-11)6-3-15-9-8(13)16-5-17-18(6)9/h3,5,7,10,19-20H,4,14H2,1-2H3,(H2,13,16,17)/t7-,10+,11?,12-/m0/s1. The highest BCUT2D eigenvalue weighted by Gasteiger charge is 2.58. The van der Waals surface area contributed by atoms with Crippen LogP contribution in [0, 0.1) is 0 Å². The van der Waals surface area contributed by atoms with Crippen LogP contribution in [0.25, 0.3) is 5.65 Å². The summed E-state index contributed by atoms with van der Waals surface area (Å²) in [5, 5.41) is 24.0. The Bertz CT molecular complexity index is 687. The second kappa shape index (κ2) is 4.34. The third-order valence-electron chi connectivity index (χ3n) is 4.06. The van der Waals surface area contributed by atoms with Gasteiger partial charge in [0.15, 0.2) is 11.5 Å². The maximum absolute atomic E-state index is 10.4. The normalized spacial score (nSPS) is 36.4. The Hall–Kier alpha value is -1.81. The van der Waals surface area contributed by atoms with Gasteiger partial charge in [0.1, 0.15) is 24.1 Å². The summed E-state index contributed by atoms with van der Waals surface area (Å²) in [6, 6.07) is 0. The maximum Gasteiger partial charge on any atom is 0.196 e. The average molecular weight is 294 g/mol. The Balaban J connectivity index is 2.13. The first kappa shape index (κ1) is 14.1. The number of ether oxygens (including phenoxy) is 1. The third kappa shape index (κ3) is 1.82. The quantitative estimate of drug-likeness (QED) is 0.529. The van der Waals surface area contributed by atoms with E-state index >= 15 is 0 Å². The molecule has 9 heteroatoms. The summed E-state index contributed by atoms with van der Waals surface area (Å²) in [7, 11) is 0. The zero-order valence-electron chi connectivity index (χ0n) is 11.8. The van der Waals surface area contributed by atoms with E-state index in [0.29, 0.717) is 11.3 Å². The maximum atomic E-state index is 10.4. The van der Waals surface area contributed by atoms with E-state index in [2.05, 4.69) is 15.1 Å². The molecule has 0 aromatic carbocycles. The molecule has 21 heavy (non-hydrogen) atoms. The van der Waals surface area contributed by atoms with E-state index in [9.17, 15) is 10.2 Å². The van der Waals surface area contributed by atoms with Crippen LogP contribution in [0.3, 0.4) is 0 Å². The van der Waals surface area contributed by atoms with Crippen LogP contribution in [0.2, 0.25) is 0 Å². The van der Waals surface area contributed by atoms with E-state index in [1.807, 2.05) is 0 Å². The van der Waals surface area contributed by atoms with Gasteiger partial charge in [-0.1, -0.05) is 0 Å². The molecule has 114 valence electrons. The number of hydrogen-bond donors (Lipinski definition) is 4. The first-order valence-corrected chi connectivity index (χ1v) is 6.51. The smallest absolute Gasteiger partial charge is 0.196 e. The number of nitrogens with two attached hydrogens (primary N) is 2. The summed E-state index contributed by atoms with van der Waals surface area (Å²) >= 11 is 0. The second-order valence-corrected chi connectivity index (χ2v) is 5.80. The van der Waals surface area contributed by atoms with Crippen molar-refractivity contribution in [3.05, 3.63) is 18.2 Å². The molecule has 1 aliphatic rings. The average Bonchev–Trinajstić information content (AvgIpc) is 2.94. The number of aliphatic hydroxyl groups excluding tert-OH is 2. The van der Waals surface area contributed by atoms with Crippen LogP contribution in [0.15, 0.2) is 12.5 Å². The van der Waals surface area contributed by atoms with E-state index in [-0.39, 0.29) is 12.4 Å². The van der Waals surface area contributed by atoms with Crippen LogP contribution in [0.1, 0.15) is 25.6 Å². The minimum absolute atomic E-state index is 0.235. The summed E-state index contributed by atoms with van der Waals surface area (Å²) in [5.41, 5.74) is 10.6. The van der Waals surface area contributed by atoms with Crippen molar-refractivity contribution in [1.82, 2.24) is 19.6 Å². The molecular weight excluding hydrogens is 276 g/mol. The van der Waals surface area contributed by atoms with Gasteiger partial charge in [0, 0.05) is 0 Å². The molecule has 1 fully saturated rings. The lowest BCUT2D eigenvalue weighted by atomic mass is 9.84. The summed E-state index contributed by atoms with van der Waals surface area (Å²) in [6.45, 7) is 2.91. The van der Waals surface area contributed by atoms with Gasteiger partial charge >= 0.3 is 0 Å². The molecule has 0 radical (unpaired) electrons. The van der Waals surface area contributed by atoms with Crippen molar-refractivity contribution in [2.75, 3.05) is 12.3 Å². The fourth-order valence-corrected chi connectivity index (χ4v) is 2.80. The minimum atomic E-state index is -1.16. The van der Waals surface area contributed by atoms with Crippen molar-refractivity contribution >= 4 is 11.5 Å². The zero-order valence-corrected chi connectivity index (χ0v) is 11.8. The number of fused-ring (bicyclic) bond motifs is 1. The van der Waals surface area contributed by atoms with Crippen molar-refractivity contribution in [3.8, 4) is 0 Å². The van der Waals surface area contributed by atoms with E-state index < -0.39 is 23.3 Å². The van der Waals surface area contributed by atoms with E-state index in [1.54, 1.807) is 13.8 Å². The number of anilines is 1. The molecule has 0 amide bonds. The first-order chi connectivity index (χ1) is 9.81. The third-order valence-corrected chi connectivity index (χ3v) is 4.06. The van der Waals surface area contributed by atoms with Crippen LogP contribution >= 0.6 is 0 Å². The van der Waals surface area contributed by atoms with Gasteiger partial charge in [0.2, 0.25) is 0 Å². The van der Waals surface area contributed by atoms with E-state index in [4.69, 9.17) is 16.2 Å². The molecule has 2 aromatic heterocycles. The predicted octanol–water partition coefficient (Wildman–Crippen LogP) is -1.39. The van der Waals surface area contributed by atoms with Crippen LogP contribution in [0.5, 0.6) is 0 Å². The molecule has 9 nitrogen and oxygen atoms in total. The Morgan fingerprint density at radius 2 is 2.14 bits per heavy atom. The van der Waals surface area contributed by atoms with Gasteiger partial charge in [-0.15, -0.1) is 0 Å². The predicted molar refractivity (Wildman–Crippen MR) is 73.1 cm³/mol. The van der Waals surface area contributed by atoms with E-state index in [1.165, 1.54) is 17.0 Å². The van der Waals surface area contributed by atoms with Crippen LogP contribution in [0.4, 0.5) is 5.82 Å². The summed E-state index contributed by atoms with van der Waals surface area (Å²) in [5.74, 6) is 0.235. The van der Waals surface area contributed by atoms with Gasteiger partial charge < -0.3 is 26.4 Å². The van der Waals surface area contributed by atoms with Gasteiger partial charge in [-0.2, -0.15) is 5.10 Å². The molecule has 0 aliphatic carbocycles. The first-order valence-electron chi connectivity index (χ1n) is 6.51. The monoisotopic (exact) mass is 294 g/mol. The van der Waals surface area contributed by atoms with Crippen molar-refractivity contribution in [1.29, 1.82) is 0 Å². The lowest BCUT2D eigenvalue weighted by Gasteiger charge is -2.29. The Morgan fingerprint density at radius 1 is 1.43 bits per heavy atom. The highest BCUT2D eigenvalue weighted by Crippen LogP contribution is 2.45. The number of aliphatic hydroxyl groups is 2. The van der Waals surface area contributed by atoms with Gasteiger partial charge in [-0.25, -0.2) is 14.5 Å². The molecule has 3 heterocycles. The number of nitrogens with zero attached hydrogens (tertiary/aromatic N) is 4. The molecule has 1 unspecified atom stereocenters. The van der Waals surface area contributed by atoms with Crippen LogP contribution in [-0.2, 0) is 4.74 Å². The van der Waals surface area contributed by atoms with Crippen LogP contribution < -0.4 is 11.5 Å².